The van der Waals surface area contributed by atoms with Crippen LogP contribution in [0, 0.1) is 6.92 Å². The number of nitrogens with zero attached hydrogens (tertiary/aromatic N) is 1. The molecule has 3 rings (SSSR count). The van der Waals surface area contributed by atoms with Crippen molar-refractivity contribution in [2.45, 2.75) is 18.4 Å². The van der Waals surface area contributed by atoms with E-state index in [1.165, 1.54) is 12.1 Å². The van der Waals surface area contributed by atoms with Crippen LogP contribution in [0.4, 0.5) is 5.69 Å². The lowest BCUT2D eigenvalue weighted by Gasteiger charge is -2.26. The average molecular weight is 463 g/mol. The molecule has 0 fully saturated rings. The van der Waals surface area contributed by atoms with Crippen LogP contribution >= 0.6 is 23.2 Å². The highest BCUT2D eigenvalue weighted by Crippen LogP contribution is 2.29. The molecule has 3 aromatic carbocycles. The zero-order valence-electron chi connectivity index (χ0n) is 16.2. The maximum absolute atomic E-state index is 13.3. The molecule has 0 saturated carbocycles. The van der Waals surface area contributed by atoms with Crippen LogP contribution in [0.2, 0.25) is 10.0 Å². The fourth-order valence-electron chi connectivity index (χ4n) is 2.86. The molecule has 0 heterocycles. The Hall–Kier alpha value is -2.54. The summed E-state index contributed by atoms with van der Waals surface area (Å²) < 4.78 is 27.7. The van der Waals surface area contributed by atoms with E-state index in [9.17, 15) is 13.2 Å². The molecule has 5 nitrogen and oxygen atoms in total. The Morgan fingerprint density at radius 3 is 2.23 bits per heavy atom. The van der Waals surface area contributed by atoms with Crippen molar-refractivity contribution in [3.63, 3.8) is 0 Å². The van der Waals surface area contributed by atoms with Crippen molar-refractivity contribution in [1.82, 2.24) is 5.32 Å². The number of rotatable bonds is 7. The van der Waals surface area contributed by atoms with E-state index in [1.54, 1.807) is 67.6 Å². The molecule has 0 bridgehead atoms. The molecule has 0 unspecified atom stereocenters. The van der Waals surface area contributed by atoms with E-state index in [1.807, 2.05) is 0 Å². The number of halogens is 2. The second-order valence-electron chi connectivity index (χ2n) is 6.66. The molecule has 3 aromatic rings. The van der Waals surface area contributed by atoms with Crippen molar-refractivity contribution >= 4 is 44.8 Å². The van der Waals surface area contributed by atoms with E-state index in [-0.39, 0.29) is 18.0 Å². The molecule has 156 valence electrons. The van der Waals surface area contributed by atoms with Gasteiger partial charge in [0.1, 0.15) is 6.54 Å². The van der Waals surface area contributed by atoms with Gasteiger partial charge in [0.2, 0.25) is 5.91 Å². The first-order valence-corrected chi connectivity index (χ1v) is 11.3. The number of hydrogen-bond acceptors (Lipinski definition) is 3. The first kappa shape index (κ1) is 22.2. The van der Waals surface area contributed by atoms with Gasteiger partial charge in [0.15, 0.2) is 0 Å². The minimum absolute atomic E-state index is 0.0925. The number of sulfonamides is 1. The fourth-order valence-corrected chi connectivity index (χ4v) is 4.65. The number of carbonyl (C=O) groups is 1. The summed E-state index contributed by atoms with van der Waals surface area (Å²) in [5.41, 5.74) is 1.89. The number of amides is 1. The first-order valence-electron chi connectivity index (χ1n) is 9.12. The molecule has 0 saturated heterocycles. The minimum atomic E-state index is -3.98. The Balaban J connectivity index is 1.89. The monoisotopic (exact) mass is 462 g/mol. The molecule has 0 aliphatic heterocycles. The van der Waals surface area contributed by atoms with Gasteiger partial charge in [-0.15, -0.1) is 0 Å². The van der Waals surface area contributed by atoms with Gasteiger partial charge in [-0.1, -0.05) is 59.6 Å². The lowest BCUT2D eigenvalue weighted by Crippen LogP contribution is -2.41. The first-order chi connectivity index (χ1) is 14.3. The van der Waals surface area contributed by atoms with E-state index in [2.05, 4.69) is 5.32 Å². The predicted molar refractivity (Wildman–Crippen MR) is 120 cm³/mol. The number of carbonyl (C=O) groups excluding carboxylic acids is 1. The van der Waals surface area contributed by atoms with Crippen molar-refractivity contribution in [2.24, 2.45) is 0 Å². The summed E-state index contributed by atoms with van der Waals surface area (Å²) in [4.78, 5) is 12.8. The largest absolute Gasteiger partial charge is 0.350 e. The highest BCUT2D eigenvalue weighted by molar-refractivity contribution is 7.92. The molecular weight excluding hydrogens is 443 g/mol. The SMILES string of the molecule is Cc1ccc(Cl)cc1N(CC(=O)NCc1ccc(Cl)cc1)S(=O)(=O)c1ccccc1. The smallest absolute Gasteiger partial charge is 0.264 e. The number of benzene rings is 3. The van der Waals surface area contributed by atoms with Gasteiger partial charge in [-0.2, -0.15) is 0 Å². The van der Waals surface area contributed by atoms with Crippen LogP contribution in [0.25, 0.3) is 0 Å². The minimum Gasteiger partial charge on any atom is -0.350 e. The topological polar surface area (TPSA) is 66.5 Å². The quantitative estimate of drug-likeness (QED) is 0.547. The van der Waals surface area contributed by atoms with E-state index in [4.69, 9.17) is 23.2 Å². The van der Waals surface area contributed by atoms with Crippen LogP contribution in [0.1, 0.15) is 11.1 Å². The Morgan fingerprint density at radius 2 is 1.57 bits per heavy atom. The van der Waals surface area contributed by atoms with Crippen LogP contribution in [0.15, 0.2) is 77.7 Å². The molecular formula is C22H20Cl2N2O3S. The number of anilines is 1. The van der Waals surface area contributed by atoms with E-state index < -0.39 is 15.9 Å². The lowest BCUT2D eigenvalue weighted by molar-refractivity contribution is -0.119. The summed E-state index contributed by atoms with van der Waals surface area (Å²) in [5, 5.41) is 3.73. The summed E-state index contributed by atoms with van der Waals surface area (Å²) in [5.74, 6) is -0.441. The Labute approximate surface area is 186 Å². The zero-order chi connectivity index (χ0) is 21.7. The van der Waals surface area contributed by atoms with Gasteiger partial charge in [0.05, 0.1) is 10.6 Å². The van der Waals surface area contributed by atoms with Gasteiger partial charge in [-0.05, 0) is 54.4 Å². The zero-order valence-corrected chi connectivity index (χ0v) is 18.5. The third kappa shape index (κ3) is 5.33. The van der Waals surface area contributed by atoms with Crippen molar-refractivity contribution < 1.29 is 13.2 Å². The van der Waals surface area contributed by atoms with Gasteiger partial charge in [0, 0.05) is 16.6 Å². The van der Waals surface area contributed by atoms with Gasteiger partial charge in [0.25, 0.3) is 10.0 Å². The summed E-state index contributed by atoms with van der Waals surface area (Å²) in [6, 6.07) is 20.0. The Kier molecular flexibility index (Phi) is 7.02. The second kappa shape index (κ2) is 9.51. The third-order valence-electron chi connectivity index (χ3n) is 4.46. The third-order valence-corrected chi connectivity index (χ3v) is 6.72. The summed E-state index contributed by atoms with van der Waals surface area (Å²) >= 11 is 12.0. The van der Waals surface area contributed by atoms with Crippen LogP contribution in [0.5, 0.6) is 0 Å². The summed E-state index contributed by atoms with van der Waals surface area (Å²) in [6.45, 7) is 1.64. The van der Waals surface area contributed by atoms with Crippen LogP contribution in [-0.2, 0) is 21.4 Å². The van der Waals surface area contributed by atoms with Crippen molar-refractivity contribution in [3.05, 3.63) is 94.0 Å². The van der Waals surface area contributed by atoms with Crippen molar-refractivity contribution in [3.8, 4) is 0 Å². The summed E-state index contributed by atoms with van der Waals surface area (Å²) in [6.07, 6.45) is 0. The van der Waals surface area contributed by atoms with Crippen molar-refractivity contribution in [1.29, 1.82) is 0 Å². The van der Waals surface area contributed by atoms with Crippen LogP contribution in [0.3, 0.4) is 0 Å². The van der Waals surface area contributed by atoms with E-state index >= 15 is 0 Å². The highest BCUT2D eigenvalue weighted by Gasteiger charge is 2.28. The van der Waals surface area contributed by atoms with Crippen LogP contribution in [-0.4, -0.2) is 20.9 Å². The van der Waals surface area contributed by atoms with E-state index in [0.717, 1.165) is 9.87 Å². The number of nitrogens with one attached hydrogen (secondary N) is 1. The lowest BCUT2D eigenvalue weighted by atomic mass is 10.2. The molecule has 8 heteroatoms. The molecule has 30 heavy (non-hydrogen) atoms. The number of aryl methyl sites for hydroxylation is 1. The fraction of sp³-hybridized carbons (Fsp3) is 0.136. The van der Waals surface area contributed by atoms with Gasteiger partial charge in [-0.25, -0.2) is 8.42 Å². The molecule has 0 aliphatic rings. The highest BCUT2D eigenvalue weighted by atomic mass is 35.5. The standard InChI is InChI=1S/C22H20Cl2N2O3S/c1-16-7-10-19(24)13-21(16)26(30(28,29)20-5-3-2-4-6-20)15-22(27)25-14-17-8-11-18(23)12-9-17/h2-13H,14-15H2,1H3,(H,25,27). The maximum Gasteiger partial charge on any atom is 0.264 e. The normalized spacial score (nSPS) is 11.2. The second-order valence-corrected chi connectivity index (χ2v) is 9.39. The molecule has 0 aromatic heterocycles. The molecule has 0 aliphatic carbocycles. The Morgan fingerprint density at radius 1 is 0.933 bits per heavy atom. The van der Waals surface area contributed by atoms with Crippen LogP contribution < -0.4 is 9.62 Å². The maximum atomic E-state index is 13.3. The average Bonchev–Trinajstić information content (AvgIpc) is 2.74. The number of hydrogen-bond donors (Lipinski definition) is 1. The predicted octanol–water partition coefficient (Wildman–Crippen LogP) is 4.81. The van der Waals surface area contributed by atoms with E-state index in [0.29, 0.717) is 21.3 Å². The Bertz CT molecular complexity index is 1130. The molecule has 0 radical (unpaired) electrons. The molecule has 0 spiro atoms. The molecule has 1 N–H and O–H groups in total. The molecule has 0 atom stereocenters. The van der Waals surface area contributed by atoms with Gasteiger partial charge in [-0.3, -0.25) is 9.10 Å². The van der Waals surface area contributed by atoms with Gasteiger partial charge >= 0.3 is 0 Å². The van der Waals surface area contributed by atoms with Gasteiger partial charge < -0.3 is 5.32 Å². The summed E-state index contributed by atoms with van der Waals surface area (Å²) in [7, 11) is -3.98. The van der Waals surface area contributed by atoms with Crippen molar-refractivity contribution in [2.75, 3.05) is 10.8 Å². The molecule has 1 amide bonds.